The lowest BCUT2D eigenvalue weighted by Crippen LogP contribution is -2.10. The number of aromatic nitrogens is 2. The Morgan fingerprint density at radius 3 is 2.45 bits per heavy atom. The third-order valence-corrected chi connectivity index (χ3v) is 2.95. The topological polar surface area (TPSA) is 37.8 Å². The molecule has 0 aliphatic heterocycles. The van der Waals surface area contributed by atoms with Crippen LogP contribution >= 0.6 is 23.2 Å². The Hall–Kier alpha value is -1.53. The Balaban J connectivity index is 2.42. The van der Waals surface area contributed by atoms with E-state index in [-0.39, 0.29) is 5.82 Å². The van der Waals surface area contributed by atoms with Gasteiger partial charge in [0, 0.05) is 6.07 Å². The molecule has 0 aliphatic rings. The fourth-order valence-electron chi connectivity index (χ4n) is 1.55. The third kappa shape index (κ3) is 3.32. The molecule has 0 spiro atoms. The summed E-state index contributed by atoms with van der Waals surface area (Å²) in [6, 6.07) is 5.89. The summed E-state index contributed by atoms with van der Waals surface area (Å²) in [7, 11) is 0. The van der Waals surface area contributed by atoms with Crippen molar-refractivity contribution in [3.05, 3.63) is 45.8 Å². The molecule has 3 nitrogen and oxygen atoms in total. The van der Waals surface area contributed by atoms with Gasteiger partial charge in [0.25, 0.3) is 0 Å². The molecular weight excluding hydrogens is 314 g/mol. The molecule has 1 aromatic carbocycles. The minimum absolute atomic E-state index is 0.0754. The number of benzene rings is 1. The highest BCUT2D eigenvalue weighted by Crippen LogP contribution is 2.32. The van der Waals surface area contributed by atoms with Crippen molar-refractivity contribution < 1.29 is 13.2 Å². The zero-order valence-corrected chi connectivity index (χ0v) is 11.6. The van der Waals surface area contributed by atoms with E-state index in [1.165, 1.54) is 0 Å². The molecule has 0 amide bonds. The number of nitrogens with one attached hydrogen (secondary N) is 1. The van der Waals surface area contributed by atoms with Gasteiger partial charge in [-0.15, -0.1) is 0 Å². The maximum atomic E-state index is 12.6. The molecule has 2 aromatic rings. The summed E-state index contributed by atoms with van der Waals surface area (Å²) >= 11 is 11.5. The Morgan fingerprint density at radius 1 is 1.15 bits per heavy atom. The summed E-state index contributed by atoms with van der Waals surface area (Å²) < 4.78 is 37.9. The molecule has 0 radical (unpaired) electrons. The van der Waals surface area contributed by atoms with Crippen molar-refractivity contribution in [2.45, 2.75) is 13.1 Å². The summed E-state index contributed by atoms with van der Waals surface area (Å²) in [5.74, 6) is -0.0754. The number of anilines is 2. The fraction of sp³-hybridized carbons (Fsp3) is 0.167. The summed E-state index contributed by atoms with van der Waals surface area (Å²) in [5.41, 5.74) is 0.113. The first-order valence-electron chi connectivity index (χ1n) is 5.41. The van der Waals surface area contributed by atoms with Crippen molar-refractivity contribution in [1.29, 1.82) is 0 Å². The molecule has 106 valence electrons. The number of para-hydroxylation sites is 1. The first-order valence-corrected chi connectivity index (χ1v) is 6.17. The van der Waals surface area contributed by atoms with Crippen LogP contribution in [-0.2, 0) is 6.18 Å². The maximum Gasteiger partial charge on any atom is 0.433 e. The van der Waals surface area contributed by atoms with Gasteiger partial charge < -0.3 is 5.32 Å². The van der Waals surface area contributed by atoms with E-state index in [1.807, 2.05) is 0 Å². The van der Waals surface area contributed by atoms with Gasteiger partial charge in [0.1, 0.15) is 5.82 Å². The van der Waals surface area contributed by atoms with Crippen LogP contribution in [0, 0.1) is 6.92 Å². The lowest BCUT2D eigenvalue weighted by molar-refractivity contribution is -0.141. The zero-order valence-electron chi connectivity index (χ0n) is 10.1. The van der Waals surface area contributed by atoms with E-state index in [9.17, 15) is 13.2 Å². The summed E-state index contributed by atoms with van der Waals surface area (Å²) in [6.45, 7) is 1.77. The Labute approximate surface area is 122 Å². The highest BCUT2D eigenvalue weighted by Gasteiger charge is 2.33. The van der Waals surface area contributed by atoms with Crippen LogP contribution in [0.1, 0.15) is 11.3 Å². The van der Waals surface area contributed by atoms with E-state index in [0.29, 0.717) is 10.7 Å². The SMILES string of the molecule is Cc1cccc(Cl)c1Nc1cc(C(F)(F)F)nc(Cl)n1. The molecule has 0 bridgehead atoms. The number of alkyl halides is 3. The molecule has 20 heavy (non-hydrogen) atoms. The largest absolute Gasteiger partial charge is 0.433 e. The van der Waals surface area contributed by atoms with E-state index in [2.05, 4.69) is 15.3 Å². The van der Waals surface area contributed by atoms with Crippen LogP contribution in [-0.4, -0.2) is 9.97 Å². The normalized spacial score (nSPS) is 11.5. The molecule has 0 aliphatic carbocycles. The van der Waals surface area contributed by atoms with Crippen LogP contribution in [0.3, 0.4) is 0 Å². The van der Waals surface area contributed by atoms with E-state index < -0.39 is 17.2 Å². The van der Waals surface area contributed by atoms with Crippen LogP contribution in [0.5, 0.6) is 0 Å². The number of hydrogen-bond donors (Lipinski definition) is 1. The fourth-order valence-corrected chi connectivity index (χ4v) is 2.00. The van der Waals surface area contributed by atoms with E-state index in [1.54, 1.807) is 25.1 Å². The van der Waals surface area contributed by atoms with Crippen molar-refractivity contribution >= 4 is 34.7 Å². The second-order valence-corrected chi connectivity index (χ2v) is 4.71. The number of hydrogen-bond acceptors (Lipinski definition) is 3. The standard InChI is InChI=1S/C12H8Cl2F3N3/c1-6-3-2-4-7(13)10(6)19-9-5-8(12(15,16)17)18-11(14)20-9/h2-5H,1H3,(H,18,19,20). The minimum atomic E-state index is -4.60. The summed E-state index contributed by atoms with van der Waals surface area (Å²) in [6.07, 6.45) is -4.60. The highest BCUT2D eigenvalue weighted by atomic mass is 35.5. The highest BCUT2D eigenvalue weighted by molar-refractivity contribution is 6.33. The second-order valence-electron chi connectivity index (χ2n) is 3.96. The van der Waals surface area contributed by atoms with Gasteiger partial charge in [0.05, 0.1) is 10.7 Å². The van der Waals surface area contributed by atoms with Crippen LogP contribution in [0.2, 0.25) is 10.3 Å². The van der Waals surface area contributed by atoms with E-state index in [0.717, 1.165) is 11.6 Å². The number of rotatable bonds is 2. The Morgan fingerprint density at radius 2 is 1.85 bits per heavy atom. The maximum absolute atomic E-state index is 12.6. The quantitative estimate of drug-likeness (QED) is 0.803. The van der Waals surface area contributed by atoms with Gasteiger partial charge in [-0.05, 0) is 30.2 Å². The van der Waals surface area contributed by atoms with Crippen LogP contribution in [0.4, 0.5) is 24.7 Å². The van der Waals surface area contributed by atoms with Crippen LogP contribution in [0.15, 0.2) is 24.3 Å². The molecule has 0 saturated heterocycles. The second kappa shape index (κ2) is 5.46. The molecule has 0 saturated carbocycles. The Kier molecular flexibility index (Phi) is 4.06. The van der Waals surface area contributed by atoms with Crippen molar-refractivity contribution in [3.63, 3.8) is 0 Å². The monoisotopic (exact) mass is 321 g/mol. The lowest BCUT2D eigenvalue weighted by atomic mass is 10.2. The summed E-state index contributed by atoms with van der Waals surface area (Å²) in [5, 5.41) is 2.60. The average molecular weight is 322 g/mol. The van der Waals surface area contributed by atoms with Gasteiger partial charge >= 0.3 is 6.18 Å². The smallest absolute Gasteiger partial charge is 0.339 e. The lowest BCUT2D eigenvalue weighted by Gasteiger charge is -2.12. The van der Waals surface area contributed by atoms with E-state index >= 15 is 0 Å². The molecule has 1 heterocycles. The van der Waals surface area contributed by atoms with Gasteiger partial charge in [-0.2, -0.15) is 13.2 Å². The van der Waals surface area contributed by atoms with Crippen molar-refractivity contribution in [3.8, 4) is 0 Å². The molecule has 1 N–H and O–H groups in total. The van der Waals surface area contributed by atoms with Gasteiger partial charge in [0.2, 0.25) is 5.28 Å². The molecule has 0 unspecified atom stereocenters. The first-order chi connectivity index (χ1) is 9.27. The van der Waals surface area contributed by atoms with Crippen LogP contribution < -0.4 is 5.32 Å². The van der Waals surface area contributed by atoms with Gasteiger partial charge in [0.15, 0.2) is 5.69 Å². The average Bonchev–Trinajstić information content (AvgIpc) is 2.32. The van der Waals surface area contributed by atoms with Crippen molar-refractivity contribution in [2.24, 2.45) is 0 Å². The molecular formula is C12H8Cl2F3N3. The Bertz CT molecular complexity index is 624. The number of aryl methyl sites for hydroxylation is 1. The minimum Gasteiger partial charge on any atom is -0.339 e. The van der Waals surface area contributed by atoms with Gasteiger partial charge in [-0.3, -0.25) is 0 Å². The third-order valence-electron chi connectivity index (χ3n) is 2.46. The van der Waals surface area contributed by atoms with Crippen molar-refractivity contribution in [2.75, 3.05) is 5.32 Å². The molecule has 1 aromatic heterocycles. The predicted molar refractivity (Wildman–Crippen MR) is 71.5 cm³/mol. The van der Waals surface area contributed by atoms with Crippen molar-refractivity contribution in [1.82, 2.24) is 9.97 Å². The molecule has 0 atom stereocenters. The summed E-state index contributed by atoms with van der Waals surface area (Å²) in [4.78, 5) is 6.86. The molecule has 8 heteroatoms. The van der Waals surface area contributed by atoms with Crippen LogP contribution in [0.25, 0.3) is 0 Å². The van der Waals surface area contributed by atoms with Gasteiger partial charge in [-0.1, -0.05) is 23.7 Å². The molecule has 2 rings (SSSR count). The predicted octanol–water partition coefficient (Wildman–Crippen LogP) is 4.85. The number of nitrogens with zero attached hydrogens (tertiary/aromatic N) is 2. The van der Waals surface area contributed by atoms with Gasteiger partial charge in [-0.25, -0.2) is 9.97 Å². The zero-order chi connectivity index (χ0) is 14.9. The first kappa shape index (κ1) is 14.9. The number of halogens is 5. The van der Waals surface area contributed by atoms with E-state index in [4.69, 9.17) is 23.2 Å². The molecule has 0 fully saturated rings.